The number of nitro groups is 1. The van der Waals surface area contributed by atoms with Gasteiger partial charge in [0.25, 0.3) is 5.54 Å². The maximum absolute atomic E-state index is 11.0. The number of halogens is 1. The molecule has 0 aliphatic heterocycles. The van der Waals surface area contributed by atoms with Crippen LogP contribution in [0.15, 0.2) is 24.3 Å². The van der Waals surface area contributed by atoms with E-state index in [1.165, 1.54) is 0 Å². The van der Waals surface area contributed by atoms with Crippen molar-refractivity contribution in [3.8, 4) is 0 Å². The van der Waals surface area contributed by atoms with Crippen molar-refractivity contribution in [3.63, 3.8) is 0 Å². The molecule has 0 aromatic rings. The zero-order chi connectivity index (χ0) is 10.6. The first-order valence-corrected chi connectivity index (χ1v) is 4.92. The van der Waals surface area contributed by atoms with E-state index < -0.39 is 5.54 Å². The summed E-state index contributed by atoms with van der Waals surface area (Å²) >= 11 is 5.71. The average molecular weight is 217 g/mol. The third kappa shape index (κ3) is 1.81. The normalized spacial score (nSPS) is 30.6. The highest BCUT2D eigenvalue weighted by Gasteiger charge is 2.46. The molecule has 1 N–H and O–H groups in total. The third-order valence-corrected chi connectivity index (χ3v) is 2.89. The Hall–Kier alpha value is -0.870. The Morgan fingerprint density at radius 3 is 2.86 bits per heavy atom. The van der Waals surface area contributed by atoms with E-state index in [1.54, 1.807) is 19.2 Å². The van der Waals surface area contributed by atoms with E-state index in [9.17, 15) is 10.1 Å². The lowest BCUT2D eigenvalue weighted by molar-refractivity contribution is -0.556. The second-order valence-corrected chi connectivity index (χ2v) is 3.56. The van der Waals surface area contributed by atoms with Crippen molar-refractivity contribution >= 4 is 11.6 Å². The van der Waals surface area contributed by atoms with Crippen LogP contribution in [0.1, 0.15) is 0 Å². The molecule has 14 heavy (non-hydrogen) atoms. The van der Waals surface area contributed by atoms with Crippen LogP contribution in [0.4, 0.5) is 0 Å². The molecule has 0 saturated heterocycles. The predicted octanol–water partition coefficient (Wildman–Crippen LogP) is 1.20. The van der Waals surface area contributed by atoms with Crippen LogP contribution in [-0.4, -0.2) is 29.9 Å². The van der Waals surface area contributed by atoms with E-state index in [2.05, 4.69) is 5.32 Å². The molecule has 1 aliphatic carbocycles. The maximum Gasteiger partial charge on any atom is 0.261 e. The van der Waals surface area contributed by atoms with Crippen LogP contribution in [0.2, 0.25) is 0 Å². The molecule has 0 aromatic heterocycles. The molecule has 5 heteroatoms. The molecule has 0 amide bonds. The van der Waals surface area contributed by atoms with Gasteiger partial charge in [-0.05, 0) is 13.1 Å². The Balaban J connectivity index is 2.96. The smallest absolute Gasteiger partial charge is 0.261 e. The predicted molar refractivity (Wildman–Crippen MR) is 56.1 cm³/mol. The molecular formula is C9H13ClN2O2. The standard InChI is InChI=1S/C9H13ClN2O2/c1-11-6-8-4-2-3-5-9(8,7-10)12(13)14/h2-5,8,11H,6-7H2,1H3. The highest BCUT2D eigenvalue weighted by Crippen LogP contribution is 2.28. The van der Waals surface area contributed by atoms with Gasteiger partial charge in [-0.1, -0.05) is 18.2 Å². The minimum absolute atomic E-state index is 0.00676. The van der Waals surface area contributed by atoms with Crippen LogP contribution in [-0.2, 0) is 0 Å². The van der Waals surface area contributed by atoms with Gasteiger partial charge in [0.15, 0.2) is 0 Å². The maximum atomic E-state index is 11.0. The first-order chi connectivity index (χ1) is 6.67. The molecule has 0 heterocycles. The van der Waals surface area contributed by atoms with Crippen LogP contribution in [0.3, 0.4) is 0 Å². The Labute approximate surface area is 87.8 Å². The molecular weight excluding hydrogens is 204 g/mol. The largest absolute Gasteiger partial charge is 0.319 e. The Kier molecular flexibility index (Phi) is 3.66. The summed E-state index contributed by atoms with van der Waals surface area (Å²) in [6.07, 6.45) is 6.89. The summed E-state index contributed by atoms with van der Waals surface area (Å²) in [4.78, 5) is 10.7. The molecule has 2 atom stereocenters. The van der Waals surface area contributed by atoms with Crippen molar-refractivity contribution in [1.82, 2.24) is 5.32 Å². The molecule has 0 fully saturated rings. The first kappa shape index (κ1) is 11.2. The van der Waals surface area contributed by atoms with Gasteiger partial charge in [0.1, 0.15) is 0 Å². The Morgan fingerprint density at radius 1 is 1.64 bits per heavy atom. The van der Waals surface area contributed by atoms with Crippen LogP contribution in [0.25, 0.3) is 0 Å². The zero-order valence-electron chi connectivity index (χ0n) is 7.94. The van der Waals surface area contributed by atoms with E-state index in [0.29, 0.717) is 6.54 Å². The van der Waals surface area contributed by atoms with Crippen molar-refractivity contribution in [2.24, 2.45) is 5.92 Å². The molecule has 2 unspecified atom stereocenters. The summed E-state index contributed by atoms with van der Waals surface area (Å²) in [5.41, 5.74) is -1.15. The highest BCUT2D eigenvalue weighted by atomic mass is 35.5. The second kappa shape index (κ2) is 4.57. The number of alkyl halides is 1. The highest BCUT2D eigenvalue weighted by molar-refractivity contribution is 6.18. The lowest BCUT2D eigenvalue weighted by atomic mass is 9.82. The van der Waals surface area contributed by atoms with Gasteiger partial charge in [0.2, 0.25) is 0 Å². The van der Waals surface area contributed by atoms with Crippen molar-refractivity contribution in [1.29, 1.82) is 0 Å². The fourth-order valence-corrected chi connectivity index (χ4v) is 1.95. The number of nitrogens with zero attached hydrogens (tertiary/aromatic N) is 1. The van der Waals surface area contributed by atoms with Crippen molar-refractivity contribution in [2.45, 2.75) is 5.54 Å². The van der Waals surface area contributed by atoms with Gasteiger partial charge >= 0.3 is 0 Å². The molecule has 1 rings (SSSR count). The summed E-state index contributed by atoms with van der Waals surface area (Å²) in [5.74, 6) is -0.197. The van der Waals surface area contributed by atoms with E-state index in [4.69, 9.17) is 11.6 Å². The van der Waals surface area contributed by atoms with Gasteiger partial charge in [-0.25, -0.2) is 0 Å². The minimum atomic E-state index is -1.15. The van der Waals surface area contributed by atoms with Gasteiger partial charge in [-0.2, -0.15) is 0 Å². The molecule has 78 valence electrons. The van der Waals surface area contributed by atoms with Gasteiger partial charge in [0, 0.05) is 11.5 Å². The molecule has 0 radical (unpaired) electrons. The number of rotatable bonds is 4. The zero-order valence-corrected chi connectivity index (χ0v) is 8.70. The quantitative estimate of drug-likeness (QED) is 0.437. The van der Waals surface area contributed by atoms with Crippen molar-refractivity contribution in [2.75, 3.05) is 19.5 Å². The van der Waals surface area contributed by atoms with E-state index in [-0.39, 0.29) is 16.7 Å². The van der Waals surface area contributed by atoms with Crippen LogP contribution in [0.5, 0.6) is 0 Å². The lowest BCUT2D eigenvalue weighted by Crippen LogP contribution is -2.49. The molecule has 4 nitrogen and oxygen atoms in total. The van der Waals surface area contributed by atoms with Crippen LogP contribution < -0.4 is 5.32 Å². The van der Waals surface area contributed by atoms with Gasteiger partial charge < -0.3 is 5.32 Å². The van der Waals surface area contributed by atoms with Crippen LogP contribution in [0, 0.1) is 16.0 Å². The monoisotopic (exact) mass is 216 g/mol. The lowest BCUT2D eigenvalue weighted by Gasteiger charge is -2.28. The molecule has 0 saturated carbocycles. The summed E-state index contributed by atoms with van der Waals surface area (Å²) in [5, 5.41) is 13.9. The van der Waals surface area contributed by atoms with Crippen molar-refractivity contribution in [3.05, 3.63) is 34.4 Å². The summed E-state index contributed by atoms with van der Waals surface area (Å²) in [6, 6.07) is 0. The summed E-state index contributed by atoms with van der Waals surface area (Å²) < 4.78 is 0. The summed E-state index contributed by atoms with van der Waals surface area (Å²) in [7, 11) is 1.77. The van der Waals surface area contributed by atoms with E-state index in [1.807, 2.05) is 12.2 Å². The molecule has 0 aromatic carbocycles. The minimum Gasteiger partial charge on any atom is -0.319 e. The average Bonchev–Trinajstić information content (AvgIpc) is 2.19. The van der Waals surface area contributed by atoms with Gasteiger partial charge in [-0.15, -0.1) is 11.6 Å². The first-order valence-electron chi connectivity index (χ1n) is 4.38. The Morgan fingerprint density at radius 2 is 2.36 bits per heavy atom. The SMILES string of the molecule is CNCC1C=CC=CC1(CCl)[N+](=O)[O-]. The second-order valence-electron chi connectivity index (χ2n) is 3.29. The van der Waals surface area contributed by atoms with Gasteiger partial charge in [0.05, 0.1) is 11.8 Å². The third-order valence-electron chi connectivity index (χ3n) is 2.46. The van der Waals surface area contributed by atoms with Crippen molar-refractivity contribution < 1.29 is 4.92 Å². The number of hydrogen-bond acceptors (Lipinski definition) is 3. The fraction of sp³-hybridized carbons (Fsp3) is 0.556. The Bertz CT molecular complexity index is 278. The fourth-order valence-electron chi connectivity index (χ4n) is 1.56. The topological polar surface area (TPSA) is 55.2 Å². The number of hydrogen-bond donors (Lipinski definition) is 1. The summed E-state index contributed by atoms with van der Waals surface area (Å²) in [6.45, 7) is 0.550. The van der Waals surface area contributed by atoms with E-state index in [0.717, 1.165) is 0 Å². The molecule has 0 spiro atoms. The van der Waals surface area contributed by atoms with Gasteiger partial charge in [-0.3, -0.25) is 10.1 Å². The molecule has 1 aliphatic rings. The number of allylic oxidation sites excluding steroid dienone is 2. The number of nitrogens with one attached hydrogen (secondary N) is 1. The van der Waals surface area contributed by atoms with Crippen LogP contribution >= 0.6 is 11.6 Å². The van der Waals surface area contributed by atoms with E-state index >= 15 is 0 Å². The molecule has 0 bridgehead atoms.